The van der Waals surface area contributed by atoms with Crippen LogP contribution in [-0.2, 0) is 0 Å². The maximum Gasteiger partial charge on any atom is 0.249 e. The van der Waals surface area contributed by atoms with Crippen molar-refractivity contribution in [1.82, 2.24) is 15.2 Å². The highest BCUT2D eigenvalue weighted by atomic mass is 79.9. The lowest BCUT2D eigenvalue weighted by Gasteiger charge is -2.09. The number of hydrogen-bond acceptors (Lipinski definition) is 5. The van der Waals surface area contributed by atoms with Crippen LogP contribution in [0.5, 0.6) is 0 Å². The molecule has 0 aliphatic rings. The number of anilines is 4. The molecule has 0 atom stereocenters. The third kappa shape index (κ3) is 3.97. The van der Waals surface area contributed by atoms with Gasteiger partial charge in [-0.25, -0.2) is 0 Å². The Morgan fingerprint density at radius 3 is 2.70 bits per heavy atom. The lowest BCUT2D eigenvalue weighted by Crippen LogP contribution is -2.02. The Bertz CT molecular complexity index is 840. The van der Waals surface area contributed by atoms with Gasteiger partial charge in [-0.2, -0.15) is 10.1 Å². The number of hydrogen-bond donors (Lipinski definition) is 2. The van der Waals surface area contributed by atoms with Crippen molar-refractivity contribution in [3.05, 3.63) is 63.7 Å². The summed E-state index contributed by atoms with van der Waals surface area (Å²) in [4.78, 5) is 4.40. The first-order valence-corrected chi connectivity index (χ1v) is 8.03. The van der Waals surface area contributed by atoms with Gasteiger partial charge in [0.05, 0.1) is 11.9 Å². The van der Waals surface area contributed by atoms with Crippen LogP contribution in [0.25, 0.3) is 0 Å². The van der Waals surface area contributed by atoms with E-state index in [1.165, 1.54) is 0 Å². The molecule has 0 aliphatic carbocycles. The van der Waals surface area contributed by atoms with Gasteiger partial charge < -0.3 is 10.6 Å². The van der Waals surface area contributed by atoms with Crippen molar-refractivity contribution in [3.8, 4) is 0 Å². The number of nitrogens with zero attached hydrogens (tertiary/aromatic N) is 3. The standard InChI is InChI=1S/C16H13BrClN5/c1-10-6-7-11(8-13(10)18)20-15-9-19-23-16(22-15)21-14-5-3-2-4-12(14)17/h2-9H,1H3,(H2,20,21,22,23). The van der Waals surface area contributed by atoms with E-state index < -0.39 is 0 Å². The molecule has 3 rings (SSSR count). The Morgan fingerprint density at radius 2 is 1.91 bits per heavy atom. The van der Waals surface area contributed by atoms with Crippen molar-refractivity contribution in [2.45, 2.75) is 6.92 Å². The highest BCUT2D eigenvalue weighted by molar-refractivity contribution is 9.10. The molecule has 0 radical (unpaired) electrons. The van der Waals surface area contributed by atoms with Crippen LogP contribution in [0.15, 0.2) is 53.1 Å². The van der Waals surface area contributed by atoms with E-state index in [4.69, 9.17) is 11.6 Å². The molecule has 1 heterocycles. The minimum Gasteiger partial charge on any atom is -0.339 e. The average Bonchev–Trinajstić information content (AvgIpc) is 2.54. The Kier molecular flexibility index (Phi) is 4.73. The van der Waals surface area contributed by atoms with Crippen molar-refractivity contribution in [1.29, 1.82) is 0 Å². The van der Waals surface area contributed by atoms with E-state index in [1.807, 2.05) is 49.4 Å². The van der Waals surface area contributed by atoms with Crippen LogP contribution in [0.3, 0.4) is 0 Å². The molecule has 23 heavy (non-hydrogen) atoms. The fourth-order valence-electron chi connectivity index (χ4n) is 1.92. The predicted molar refractivity (Wildman–Crippen MR) is 96.7 cm³/mol. The molecule has 0 spiro atoms. The van der Waals surface area contributed by atoms with E-state index in [9.17, 15) is 0 Å². The van der Waals surface area contributed by atoms with E-state index >= 15 is 0 Å². The summed E-state index contributed by atoms with van der Waals surface area (Å²) in [6.45, 7) is 1.96. The second kappa shape index (κ2) is 6.93. The zero-order valence-corrected chi connectivity index (χ0v) is 14.6. The number of halogens is 2. The summed E-state index contributed by atoms with van der Waals surface area (Å²) in [5.41, 5.74) is 2.73. The van der Waals surface area contributed by atoms with E-state index in [1.54, 1.807) is 6.20 Å². The minimum atomic E-state index is 0.403. The number of rotatable bonds is 4. The summed E-state index contributed by atoms with van der Waals surface area (Å²) in [5.74, 6) is 0.981. The van der Waals surface area contributed by atoms with Crippen LogP contribution in [0.2, 0.25) is 5.02 Å². The normalized spacial score (nSPS) is 10.4. The molecule has 5 nitrogen and oxygen atoms in total. The summed E-state index contributed by atoms with van der Waals surface area (Å²) in [6, 6.07) is 13.5. The maximum atomic E-state index is 6.13. The molecule has 2 N–H and O–H groups in total. The number of nitrogens with one attached hydrogen (secondary N) is 2. The van der Waals surface area contributed by atoms with Crippen molar-refractivity contribution in [2.24, 2.45) is 0 Å². The molecule has 7 heteroatoms. The van der Waals surface area contributed by atoms with Crippen LogP contribution in [0.4, 0.5) is 23.1 Å². The first-order valence-electron chi connectivity index (χ1n) is 6.86. The van der Waals surface area contributed by atoms with E-state index in [0.29, 0.717) is 16.8 Å². The summed E-state index contributed by atoms with van der Waals surface area (Å²) in [5, 5.41) is 14.9. The third-order valence-corrected chi connectivity index (χ3v) is 4.22. The predicted octanol–water partition coefficient (Wildman–Crippen LogP) is 5.08. The molecule has 0 amide bonds. The van der Waals surface area contributed by atoms with Crippen LogP contribution in [0, 0.1) is 6.92 Å². The summed E-state index contributed by atoms with van der Waals surface area (Å²) in [7, 11) is 0. The van der Waals surface area contributed by atoms with E-state index in [-0.39, 0.29) is 0 Å². The zero-order chi connectivity index (χ0) is 16.2. The van der Waals surface area contributed by atoms with Crippen molar-refractivity contribution >= 4 is 50.7 Å². The molecule has 0 bridgehead atoms. The largest absolute Gasteiger partial charge is 0.339 e. The summed E-state index contributed by atoms with van der Waals surface area (Å²) in [6.07, 6.45) is 1.55. The van der Waals surface area contributed by atoms with Crippen molar-refractivity contribution in [2.75, 3.05) is 10.6 Å². The molecule has 0 saturated carbocycles. The zero-order valence-electron chi connectivity index (χ0n) is 12.2. The first-order chi connectivity index (χ1) is 11.1. The quantitative estimate of drug-likeness (QED) is 0.650. The Morgan fingerprint density at radius 1 is 1.09 bits per heavy atom. The SMILES string of the molecule is Cc1ccc(Nc2cnnc(Nc3ccccc3Br)n2)cc1Cl. The highest BCUT2D eigenvalue weighted by Crippen LogP contribution is 2.25. The number of aryl methyl sites for hydroxylation is 1. The van der Waals surface area contributed by atoms with Gasteiger partial charge in [-0.3, -0.25) is 0 Å². The van der Waals surface area contributed by atoms with Gasteiger partial charge in [-0.1, -0.05) is 29.8 Å². The second-order valence-corrected chi connectivity index (χ2v) is 6.12. The van der Waals surface area contributed by atoms with E-state index in [2.05, 4.69) is 41.7 Å². The lowest BCUT2D eigenvalue weighted by atomic mass is 10.2. The molecule has 116 valence electrons. The van der Waals surface area contributed by atoms with Gasteiger partial charge in [-0.05, 0) is 52.7 Å². The summed E-state index contributed by atoms with van der Waals surface area (Å²) < 4.78 is 0.923. The van der Waals surface area contributed by atoms with E-state index in [0.717, 1.165) is 21.4 Å². The topological polar surface area (TPSA) is 62.7 Å². The fourth-order valence-corrected chi connectivity index (χ4v) is 2.48. The minimum absolute atomic E-state index is 0.403. The number of aromatic nitrogens is 3. The molecular weight excluding hydrogens is 378 g/mol. The molecule has 0 unspecified atom stereocenters. The molecule has 0 fully saturated rings. The molecular formula is C16H13BrClN5. The molecule has 0 aliphatic heterocycles. The summed E-state index contributed by atoms with van der Waals surface area (Å²) >= 11 is 9.60. The van der Waals surface area contributed by atoms with Gasteiger partial charge in [0.1, 0.15) is 0 Å². The average molecular weight is 391 g/mol. The van der Waals surface area contributed by atoms with Gasteiger partial charge in [0.2, 0.25) is 5.95 Å². The van der Waals surface area contributed by atoms with Gasteiger partial charge in [0.25, 0.3) is 0 Å². The smallest absolute Gasteiger partial charge is 0.249 e. The monoisotopic (exact) mass is 389 g/mol. The van der Waals surface area contributed by atoms with Gasteiger partial charge >= 0.3 is 0 Å². The highest BCUT2D eigenvalue weighted by Gasteiger charge is 2.05. The molecule has 3 aromatic rings. The molecule has 1 aromatic heterocycles. The van der Waals surface area contributed by atoms with Crippen molar-refractivity contribution in [3.63, 3.8) is 0 Å². The Hall–Kier alpha value is -2.18. The third-order valence-electron chi connectivity index (χ3n) is 3.12. The molecule has 2 aromatic carbocycles. The number of benzene rings is 2. The number of para-hydroxylation sites is 1. The van der Waals surface area contributed by atoms with Gasteiger partial charge in [-0.15, -0.1) is 5.10 Å². The Labute approximate surface area is 147 Å². The van der Waals surface area contributed by atoms with Crippen LogP contribution >= 0.6 is 27.5 Å². The van der Waals surface area contributed by atoms with Crippen LogP contribution < -0.4 is 10.6 Å². The van der Waals surface area contributed by atoms with Gasteiger partial charge in [0, 0.05) is 15.2 Å². The van der Waals surface area contributed by atoms with Crippen LogP contribution in [-0.4, -0.2) is 15.2 Å². The lowest BCUT2D eigenvalue weighted by molar-refractivity contribution is 0.982. The van der Waals surface area contributed by atoms with Gasteiger partial charge in [0.15, 0.2) is 5.82 Å². The first kappa shape index (κ1) is 15.7. The molecule has 0 saturated heterocycles. The Balaban J connectivity index is 1.79. The second-order valence-electron chi connectivity index (χ2n) is 4.86. The van der Waals surface area contributed by atoms with Crippen molar-refractivity contribution < 1.29 is 0 Å². The maximum absolute atomic E-state index is 6.13. The van der Waals surface area contributed by atoms with Crippen LogP contribution in [0.1, 0.15) is 5.56 Å². The fraction of sp³-hybridized carbons (Fsp3) is 0.0625.